The molecule has 0 saturated carbocycles. The molecule has 2 amide bonds. The Hall–Kier alpha value is -2.06. The number of rotatable bonds is 8. The van der Waals surface area contributed by atoms with Crippen molar-refractivity contribution in [3.8, 4) is 0 Å². The largest absolute Gasteiger partial charge is 0.462 e. The van der Waals surface area contributed by atoms with E-state index in [0.717, 1.165) is 60.9 Å². The standard InChI is InChI=1S/C21H33N3O4S/c1-6-8-17-16(5)29-19(18(17)20(25)28-7-2)23-21(26)22-13-14(3)15(4)24-9-11-27-12-10-24/h6-13H2,1-5H3,(H2,22,23,26). The fourth-order valence-electron chi connectivity index (χ4n) is 3.29. The van der Waals surface area contributed by atoms with Gasteiger partial charge in [-0.2, -0.15) is 0 Å². The number of morpholine rings is 1. The van der Waals surface area contributed by atoms with Crippen molar-refractivity contribution >= 4 is 28.3 Å². The van der Waals surface area contributed by atoms with Gasteiger partial charge in [-0.25, -0.2) is 9.59 Å². The number of esters is 1. The number of urea groups is 1. The van der Waals surface area contributed by atoms with Crippen molar-refractivity contribution in [2.75, 3.05) is 44.8 Å². The van der Waals surface area contributed by atoms with Crippen LogP contribution in [0.3, 0.4) is 0 Å². The highest BCUT2D eigenvalue weighted by molar-refractivity contribution is 7.16. The Bertz CT molecular complexity index is 751. The quantitative estimate of drug-likeness (QED) is 0.619. The van der Waals surface area contributed by atoms with Gasteiger partial charge in [0, 0.05) is 30.2 Å². The van der Waals surface area contributed by atoms with Gasteiger partial charge in [-0.1, -0.05) is 13.3 Å². The highest BCUT2D eigenvalue weighted by atomic mass is 32.1. The molecule has 2 rings (SSSR count). The number of nitrogens with one attached hydrogen (secondary N) is 2. The molecule has 29 heavy (non-hydrogen) atoms. The Morgan fingerprint density at radius 1 is 1.21 bits per heavy atom. The number of nitrogens with zero attached hydrogens (tertiary/aromatic N) is 1. The second-order valence-corrected chi connectivity index (χ2v) is 8.31. The van der Waals surface area contributed by atoms with Crippen LogP contribution in [0, 0.1) is 6.92 Å². The summed E-state index contributed by atoms with van der Waals surface area (Å²) < 4.78 is 10.6. The highest BCUT2D eigenvalue weighted by Gasteiger charge is 2.24. The molecule has 1 aliphatic heterocycles. The molecular formula is C21H33N3O4S. The number of hydrogen-bond donors (Lipinski definition) is 2. The van der Waals surface area contributed by atoms with Crippen molar-refractivity contribution < 1.29 is 19.1 Å². The number of carbonyl (C=O) groups is 2. The minimum absolute atomic E-state index is 0.301. The average molecular weight is 424 g/mol. The molecule has 2 heterocycles. The predicted octanol–water partition coefficient (Wildman–Crippen LogP) is 3.93. The maximum absolute atomic E-state index is 12.5. The summed E-state index contributed by atoms with van der Waals surface area (Å²) in [5.41, 5.74) is 3.72. The fourth-order valence-corrected chi connectivity index (χ4v) is 4.38. The van der Waals surface area contributed by atoms with Crippen LogP contribution in [-0.2, 0) is 15.9 Å². The normalized spacial score (nSPS) is 15.0. The maximum Gasteiger partial charge on any atom is 0.341 e. The SMILES string of the molecule is CCCc1c(C)sc(NC(=O)NCC(C)=C(C)N2CCOCC2)c1C(=O)OCC. The Morgan fingerprint density at radius 2 is 1.90 bits per heavy atom. The van der Waals surface area contributed by atoms with Gasteiger partial charge in [0.2, 0.25) is 0 Å². The van der Waals surface area contributed by atoms with E-state index in [4.69, 9.17) is 9.47 Å². The minimum atomic E-state index is -0.380. The van der Waals surface area contributed by atoms with Crippen LogP contribution >= 0.6 is 11.3 Å². The van der Waals surface area contributed by atoms with E-state index in [1.807, 2.05) is 13.8 Å². The van der Waals surface area contributed by atoms with E-state index < -0.39 is 0 Å². The Kier molecular flexibility index (Phi) is 8.98. The molecule has 8 heteroatoms. The van der Waals surface area contributed by atoms with Gasteiger partial charge in [-0.05, 0) is 45.3 Å². The Labute approximate surface area is 177 Å². The maximum atomic E-state index is 12.5. The first kappa shape index (κ1) is 23.2. The van der Waals surface area contributed by atoms with Crippen LogP contribution in [0.1, 0.15) is 54.9 Å². The molecule has 0 bridgehead atoms. The number of aryl methyl sites for hydroxylation is 1. The third-order valence-corrected chi connectivity index (χ3v) is 6.10. The van der Waals surface area contributed by atoms with Crippen molar-refractivity contribution in [1.82, 2.24) is 10.2 Å². The van der Waals surface area contributed by atoms with Gasteiger partial charge in [0.15, 0.2) is 0 Å². The summed E-state index contributed by atoms with van der Waals surface area (Å²) in [7, 11) is 0. The summed E-state index contributed by atoms with van der Waals surface area (Å²) >= 11 is 1.42. The molecule has 2 N–H and O–H groups in total. The van der Waals surface area contributed by atoms with Gasteiger partial charge in [0.25, 0.3) is 0 Å². The lowest BCUT2D eigenvalue weighted by Crippen LogP contribution is -2.36. The molecule has 1 saturated heterocycles. The van der Waals surface area contributed by atoms with Crippen LogP contribution in [-0.4, -0.2) is 56.4 Å². The Morgan fingerprint density at radius 3 is 2.52 bits per heavy atom. The fraction of sp³-hybridized carbons (Fsp3) is 0.619. The van der Waals surface area contributed by atoms with E-state index in [2.05, 4.69) is 29.4 Å². The molecule has 1 aliphatic rings. The summed E-state index contributed by atoms with van der Waals surface area (Å²) in [6.45, 7) is 13.8. The van der Waals surface area contributed by atoms with E-state index in [9.17, 15) is 9.59 Å². The average Bonchev–Trinajstić information content (AvgIpc) is 3.01. The lowest BCUT2D eigenvalue weighted by Gasteiger charge is -2.30. The summed E-state index contributed by atoms with van der Waals surface area (Å²) in [5.74, 6) is -0.380. The summed E-state index contributed by atoms with van der Waals surface area (Å²) in [5, 5.41) is 6.30. The second-order valence-electron chi connectivity index (χ2n) is 7.08. The zero-order chi connectivity index (χ0) is 21.4. The number of hydrogen-bond acceptors (Lipinski definition) is 6. The Balaban J connectivity index is 2.06. The van der Waals surface area contributed by atoms with Crippen LogP contribution < -0.4 is 10.6 Å². The molecule has 0 aromatic carbocycles. The summed E-state index contributed by atoms with van der Waals surface area (Å²) in [4.78, 5) is 28.3. The molecule has 1 aromatic heterocycles. The van der Waals surface area contributed by atoms with Crippen molar-refractivity contribution in [3.05, 3.63) is 27.3 Å². The third kappa shape index (κ3) is 6.21. The number of anilines is 1. The first-order valence-electron chi connectivity index (χ1n) is 10.2. The van der Waals surface area contributed by atoms with E-state index in [-0.39, 0.29) is 12.0 Å². The van der Waals surface area contributed by atoms with Gasteiger partial charge in [0.05, 0.1) is 25.4 Å². The topological polar surface area (TPSA) is 79.9 Å². The molecule has 7 nitrogen and oxygen atoms in total. The lowest BCUT2D eigenvalue weighted by atomic mass is 10.1. The number of allylic oxidation sites excluding steroid dienone is 1. The van der Waals surface area contributed by atoms with Crippen LogP contribution in [0.15, 0.2) is 11.3 Å². The van der Waals surface area contributed by atoms with E-state index in [0.29, 0.717) is 23.7 Å². The molecule has 0 atom stereocenters. The molecule has 0 radical (unpaired) electrons. The number of ether oxygens (including phenoxy) is 2. The van der Waals surface area contributed by atoms with Gasteiger partial charge in [-0.3, -0.25) is 5.32 Å². The first-order valence-corrected chi connectivity index (χ1v) is 11.0. The van der Waals surface area contributed by atoms with Gasteiger partial charge in [-0.15, -0.1) is 11.3 Å². The zero-order valence-corrected chi connectivity index (χ0v) is 19.0. The minimum Gasteiger partial charge on any atom is -0.462 e. The van der Waals surface area contributed by atoms with Crippen molar-refractivity contribution in [1.29, 1.82) is 0 Å². The number of carbonyl (C=O) groups excluding carboxylic acids is 2. The molecule has 162 valence electrons. The monoisotopic (exact) mass is 423 g/mol. The first-order chi connectivity index (χ1) is 13.9. The van der Waals surface area contributed by atoms with Gasteiger partial charge in [0.1, 0.15) is 5.00 Å². The molecule has 0 aliphatic carbocycles. The van der Waals surface area contributed by atoms with Gasteiger partial charge < -0.3 is 19.7 Å². The van der Waals surface area contributed by atoms with E-state index in [1.165, 1.54) is 11.3 Å². The molecule has 0 unspecified atom stereocenters. The van der Waals surface area contributed by atoms with Crippen molar-refractivity contribution in [2.24, 2.45) is 0 Å². The zero-order valence-electron chi connectivity index (χ0n) is 18.1. The van der Waals surface area contributed by atoms with E-state index in [1.54, 1.807) is 6.92 Å². The summed E-state index contributed by atoms with van der Waals surface area (Å²) in [6, 6.07) is -0.325. The van der Waals surface area contributed by atoms with Crippen LogP contribution in [0.2, 0.25) is 0 Å². The molecule has 0 spiro atoms. The second kappa shape index (κ2) is 11.2. The highest BCUT2D eigenvalue weighted by Crippen LogP contribution is 2.34. The van der Waals surface area contributed by atoms with Crippen molar-refractivity contribution in [2.45, 2.75) is 47.5 Å². The predicted molar refractivity (Wildman–Crippen MR) is 117 cm³/mol. The van der Waals surface area contributed by atoms with Crippen LogP contribution in [0.4, 0.5) is 9.80 Å². The van der Waals surface area contributed by atoms with Crippen LogP contribution in [0.5, 0.6) is 0 Å². The van der Waals surface area contributed by atoms with Crippen molar-refractivity contribution in [3.63, 3.8) is 0 Å². The van der Waals surface area contributed by atoms with E-state index >= 15 is 0 Å². The smallest absolute Gasteiger partial charge is 0.341 e. The summed E-state index contributed by atoms with van der Waals surface area (Å²) in [6.07, 6.45) is 1.70. The number of amides is 2. The molecule has 1 aromatic rings. The van der Waals surface area contributed by atoms with Crippen LogP contribution in [0.25, 0.3) is 0 Å². The van der Waals surface area contributed by atoms with Gasteiger partial charge >= 0.3 is 12.0 Å². The number of thiophene rings is 1. The molecular weight excluding hydrogens is 390 g/mol. The lowest BCUT2D eigenvalue weighted by molar-refractivity contribution is 0.0526. The molecule has 1 fully saturated rings. The third-order valence-electron chi connectivity index (χ3n) is 5.03.